The van der Waals surface area contributed by atoms with Crippen LogP contribution in [0.25, 0.3) is 0 Å². The molecule has 0 saturated carbocycles. The van der Waals surface area contributed by atoms with E-state index in [1.54, 1.807) is 7.11 Å². The standard InChI is InChI=1S/C12H21N5O2/c1-7(6-19-5)17(4)12-10(11(13)16-18)8(2)9(3)14-15-12/h7,18H,6H2,1-5H3,(H2,13,16). The van der Waals surface area contributed by atoms with Gasteiger partial charge in [0.25, 0.3) is 0 Å². The van der Waals surface area contributed by atoms with Crippen LogP contribution in [0.15, 0.2) is 5.16 Å². The first kappa shape index (κ1) is 15.2. The molecule has 1 unspecified atom stereocenters. The molecule has 1 aromatic heterocycles. The van der Waals surface area contributed by atoms with Gasteiger partial charge in [-0.1, -0.05) is 5.16 Å². The highest BCUT2D eigenvalue weighted by Gasteiger charge is 2.21. The minimum atomic E-state index is 0.0296. The third kappa shape index (κ3) is 3.11. The molecule has 0 aliphatic heterocycles. The lowest BCUT2D eigenvalue weighted by Crippen LogP contribution is -2.35. The van der Waals surface area contributed by atoms with Crippen LogP contribution in [-0.4, -0.2) is 48.0 Å². The van der Waals surface area contributed by atoms with Crippen molar-refractivity contribution in [3.05, 3.63) is 16.8 Å². The molecular weight excluding hydrogens is 246 g/mol. The van der Waals surface area contributed by atoms with Crippen LogP contribution in [0.1, 0.15) is 23.7 Å². The van der Waals surface area contributed by atoms with Gasteiger partial charge in [0.1, 0.15) is 0 Å². The van der Waals surface area contributed by atoms with Crippen molar-refractivity contribution in [1.82, 2.24) is 10.2 Å². The number of methoxy groups -OCH3 is 1. The number of rotatable bonds is 5. The Morgan fingerprint density at radius 2 is 2.11 bits per heavy atom. The van der Waals surface area contributed by atoms with Crippen molar-refractivity contribution in [3.63, 3.8) is 0 Å². The largest absolute Gasteiger partial charge is 0.409 e. The van der Waals surface area contributed by atoms with Crippen molar-refractivity contribution < 1.29 is 9.94 Å². The van der Waals surface area contributed by atoms with E-state index in [0.29, 0.717) is 18.0 Å². The number of hydrogen-bond donors (Lipinski definition) is 2. The minimum Gasteiger partial charge on any atom is -0.409 e. The second-order valence-electron chi connectivity index (χ2n) is 4.51. The number of nitrogens with zero attached hydrogens (tertiary/aromatic N) is 4. The molecule has 1 heterocycles. The molecule has 3 N–H and O–H groups in total. The summed E-state index contributed by atoms with van der Waals surface area (Å²) in [7, 11) is 3.51. The summed E-state index contributed by atoms with van der Waals surface area (Å²) in [6, 6.07) is 0.0895. The Labute approximate surface area is 113 Å². The maximum Gasteiger partial charge on any atom is 0.174 e. The first-order valence-corrected chi connectivity index (χ1v) is 5.97. The Bertz CT molecular complexity index is 475. The lowest BCUT2D eigenvalue weighted by Gasteiger charge is -2.27. The van der Waals surface area contributed by atoms with Gasteiger partial charge in [-0.15, -0.1) is 5.10 Å². The van der Waals surface area contributed by atoms with E-state index in [4.69, 9.17) is 15.7 Å². The molecule has 0 saturated heterocycles. The van der Waals surface area contributed by atoms with Crippen LogP contribution in [0.4, 0.5) is 5.82 Å². The quantitative estimate of drug-likeness (QED) is 0.352. The molecule has 0 bridgehead atoms. The van der Waals surface area contributed by atoms with Crippen LogP contribution in [0.3, 0.4) is 0 Å². The molecule has 19 heavy (non-hydrogen) atoms. The Hall–Kier alpha value is -1.89. The number of hydrogen-bond acceptors (Lipinski definition) is 6. The normalized spacial score (nSPS) is 13.4. The molecule has 106 valence electrons. The summed E-state index contributed by atoms with van der Waals surface area (Å²) in [4.78, 5) is 1.90. The SMILES string of the molecule is COCC(C)N(C)c1nnc(C)c(C)c1/C(N)=N/O. The molecule has 0 aliphatic rings. The van der Waals surface area contributed by atoms with E-state index in [-0.39, 0.29) is 11.9 Å². The fourth-order valence-corrected chi connectivity index (χ4v) is 1.76. The summed E-state index contributed by atoms with van der Waals surface area (Å²) in [5, 5.41) is 20.3. The van der Waals surface area contributed by atoms with Gasteiger partial charge in [0.05, 0.1) is 23.9 Å². The predicted octanol–water partition coefficient (Wildman–Crippen LogP) is 0.659. The maximum absolute atomic E-state index is 8.92. The smallest absolute Gasteiger partial charge is 0.174 e. The number of aromatic nitrogens is 2. The van der Waals surface area contributed by atoms with Gasteiger partial charge >= 0.3 is 0 Å². The second kappa shape index (κ2) is 6.33. The van der Waals surface area contributed by atoms with Gasteiger partial charge in [0, 0.05) is 14.2 Å². The molecule has 0 radical (unpaired) electrons. The monoisotopic (exact) mass is 267 g/mol. The van der Waals surface area contributed by atoms with Crippen molar-refractivity contribution in [3.8, 4) is 0 Å². The lowest BCUT2D eigenvalue weighted by atomic mass is 10.1. The molecule has 1 aromatic rings. The predicted molar refractivity (Wildman–Crippen MR) is 73.8 cm³/mol. The summed E-state index contributed by atoms with van der Waals surface area (Å²) >= 11 is 0. The van der Waals surface area contributed by atoms with Gasteiger partial charge in [0.2, 0.25) is 0 Å². The molecule has 7 nitrogen and oxygen atoms in total. The average Bonchev–Trinajstić information content (AvgIpc) is 2.40. The number of nitrogens with two attached hydrogens (primary N) is 1. The van der Waals surface area contributed by atoms with Gasteiger partial charge in [-0.2, -0.15) is 5.10 Å². The number of anilines is 1. The van der Waals surface area contributed by atoms with Crippen molar-refractivity contribution in [2.24, 2.45) is 10.9 Å². The molecule has 0 fully saturated rings. The van der Waals surface area contributed by atoms with Crippen LogP contribution in [0, 0.1) is 13.8 Å². The zero-order valence-electron chi connectivity index (χ0n) is 12.0. The van der Waals surface area contributed by atoms with Crippen LogP contribution >= 0.6 is 0 Å². The van der Waals surface area contributed by atoms with Crippen LogP contribution < -0.4 is 10.6 Å². The molecule has 0 aromatic carbocycles. The summed E-state index contributed by atoms with van der Waals surface area (Å²) in [5.41, 5.74) is 7.94. The van der Waals surface area contributed by atoms with Gasteiger partial charge in [0.15, 0.2) is 11.7 Å². The summed E-state index contributed by atoms with van der Waals surface area (Å²) < 4.78 is 5.13. The maximum atomic E-state index is 8.92. The van der Waals surface area contributed by atoms with Gasteiger partial charge < -0.3 is 20.6 Å². The third-order valence-electron chi connectivity index (χ3n) is 3.20. The first-order chi connectivity index (χ1) is 8.93. The Morgan fingerprint density at radius 3 is 2.63 bits per heavy atom. The Morgan fingerprint density at radius 1 is 1.47 bits per heavy atom. The third-order valence-corrected chi connectivity index (χ3v) is 3.20. The first-order valence-electron chi connectivity index (χ1n) is 5.97. The second-order valence-corrected chi connectivity index (χ2v) is 4.51. The molecule has 1 rings (SSSR count). The van der Waals surface area contributed by atoms with Crippen LogP contribution in [-0.2, 0) is 4.74 Å². The van der Waals surface area contributed by atoms with E-state index in [9.17, 15) is 0 Å². The number of oxime groups is 1. The number of amidine groups is 1. The highest BCUT2D eigenvalue weighted by Crippen LogP contribution is 2.22. The van der Waals surface area contributed by atoms with E-state index < -0.39 is 0 Å². The fourth-order valence-electron chi connectivity index (χ4n) is 1.76. The Balaban J connectivity index is 3.31. The van der Waals surface area contributed by atoms with Crippen molar-refractivity contribution >= 4 is 11.7 Å². The molecule has 0 aliphatic carbocycles. The van der Waals surface area contributed by atoms with Crippen molar-refractivity contribution in [2.45, 2.75) is 26.8 Å². The average molecular weight is 267 g/mol. The van der Waals surface area contributed by atoms with Crippen LogP contribution in [0.2, 0.25) is 0 Å². The van der Waals surface area contributed by atoms with E-state index in [2.05, 4.69) is 15.4 Å². The fraction of sp³-hybridized carbons (Fsp3) is 0.583. The summed E-state index contributed by atoms with van der Waals surface area (Å²) in [6.45, 7) is 6.24. The summed E-state index contributed by atoms with van der Waals surface area (Å²) in [6.07, 6.45) is 0. The molecule has 0 amide bonds. The van der Waals surface area contributed by atoms with Gasteiger partial charge in [-0.25, -0.2) is 0 Å². The minimum absolute atomic E-state index is 0.0296. The number of aryl methyl sites for hydroxylation is 1. The zero-order chi connectivity index (χ0) is 14.6. The van der Waals surface area contributed by atoms with E-state index >= 15 is 0 Å². The van der Waals surface area contributed by atoms with Crippen LogP contribution in [0.5, 0.6) is 0 Å². The highest BCUT2D eigenvalue weighted by atomic mass is 16.5. The molecule has 0 spiro atoms. The van der Waals surface area contributed by atoms with Gasteiger partial charge in [-0.3, -0.25) is 0 Å². The number of likely N-dealkylation sites (N-methyl/N-ethyl adjacent to an activating group) is 1. The van der Waals surface area contributed by atoms with E-state index in [1.807, 2.05) is 32.7 Å². The Kier molecular flexibility index (Phi) is 5.05. The highest BCUT2D eigenvalue weighted by molar-refractivity contribution is 6.02. The molecule has 1 atom stereocenters. The molecule has 7 heteroatoms. The topological polar surface area (TPSA) is 96.9 Å². The summed E-state index contributed by atoms with van der Waals surface area (Å²) in [5.74, 6) is 0.602. The molecular formula is C12H21N5O2. The number of ether oxygens (including phenoxy) is 1. The lowest BCUT2D eigenvalue weighted by molar-refractivity contribution is 0.183. The van der Waals surface area contributed by atoms with E-state index in [1.165, 1.54) is 0 Å². The van der Waals surface area contributed by atoms with Crippen molar-refractivity contribution in [1.29, 1.82) is 0 Å². The van der Waals surface area contributed by atoms with E-state index in [0.717, 1.165) is 11.3 Å². The van der Waals surface area contributed by atoms with Crippen molar-refractivity contribution in [2.75, 3.05) is 25.7 Å². The zero-order valence-corrected chi connectivity index (χ0v) is 12.0. The van der Waals surface area contributed by atoms with Gasteiger partial charge in [-0.05, 0) is 26.3 Å².